The van der Waals surface area contributed by atoms with E-state index >= 15 is 0 Å². The number of hydrogen-bond acceptors (Lipinski definition) is 4. The number of carbonyl (C=O) groups is 2. The first-order valence-corrected chi connectivity index (χ1v) is 6.57. The quantitative estimate of drug-likeness (QED) is 0.827. The van der Waals surface area contributed by atoms with E-state index in [1.54, 1.807) is 48.5 Å². The third-order valence-electron chi connectivity index (χ3n) is 2.72. The minimum Gasteiger partial charge on any atom is -0.478 e. The second kappa shape index (κ2) is 7.43. The summed E-state index contributed by atoms with van der Waals surface area (Å²) < 4.78 is 5.60. The summed E-state index contributed by atoms with van der Waals surface area (Å²) in [5.74, 6) is -0.571. The molecular weight excluding hydrogens is 296 g/mol. The number of carbonyl (C=O) groups excluding carboxylic acids is 1. The number of nitrogens with one attached hydrogen (secondary N) is 1. The van der Waals surface area contributed by atoms with E-state index in [4.69, 9.17) is 15.1 Å². The van der Waals surface area contributed by atoms with Crippen molar-refractivity contribution in [1.29, 1.82) is 5.26 Å². The summed E-state index contributed by atoms with van der Waals surface area (Å²) in [7, 11) is 0. The van der Waals surface area contributed by atoms with Gasteiger partial charge in [0.2, 0.25) is 5.91 Å². The van der Waals surface area contributed by atoms with E-state index < -0.39 is 11.9 Å². The molecule has 0 heterocycles. The zero-order valence-electron chi connectivity index (χ0n) is 11.9. The molecular formula is C17H12N2O4. The number of amides is 1. The first-order valence-electron chi connectivity index (χ1n) is 6.57. The Morgan fingerprint density at radius 3 is 2.09 bits per heavy atom. The summed E-state index contributed by atoms with van der Waals surface area (Å²) in [6, 6.07) is 15.3. The van der Waals surface area contributed by atoms with Crippen molar-refractivity contribution in [1.82, 2.24) is 0 Å². The van der Waals surface area contributed by atoms with Crippen LogP contribution in [0, 0.1) is 11.3 Å². The zero-order valence-corrected chi connectivity index (χ0v) is 11.9. The van der Waals surface area contributed by atoms with Gasteiger partial charge in [0.25, 0.3) is 0 Å². The number of aliphatic carboxylic acids is 1. The molecule has 0 saturated carbocycles. The largest absolute Gasteiger partial charge is 0.478 e. The van der Waals surface area contributed by atoms with Crippen LogP contribution in [0.15, 0.2) is 60.7 Å². The highest BCUT2D eigenvalue weighted by Crippen LogP contribution is 2.23. The molecule has 0 bridgehead atoms. The lowest BCUT2D eigenvalue weighted by Gasteiger charge is -2.07. The first-order chi connectivity index (χ1) is 11.1. The van der Waals surface area contributed by atoms with Crippen LogP contribution >= 0.6 is 0 Å². The summed E-state index contributed by atoms with van der Waals surface area (Å²) in [6.07, 6.45) is 1.70. The van der Waals surface area contributed by atoms with Crippen molar-refractivity contribution in [3.63, 3.8) is 0 Å². The molecule has 2 aromatic carbocycles. The summed E-state index contributed by atoms with van der Waals surface area (Å²) in [4.78, 5) is 21.7. The average Bonchev–Trinajstić information content (AvgIpc) is 2.55. The van der Waals surface area contributed by atoms with Gasteiger partial charge in [-0.25, -0.2) is 4.79 Å². The second-order valence-electron chi connectivity index (χ2n) is 4.42. The summed E-state index contributed by atoms with van der Waals surface area (Å²) in [5, 5.41) is 19.7. The van der Waals surface area contributed by atoms with Crippen LogP contribution in [-0.2, 0) is 9.59 Å². The fourth-order valence-corrected chi connectivity index (χ4v) is 1.67. The van der Waals surface area contributed by atoms with Gasteiger partial charge in [0.15, 0.2) is 0 Å². The van der Waals surface area contributed by atoms with Gasteiger partial charge in [-0.05, 0) is 48.5 Å². The Morgan fingerprint density at radius 1 is 1.00 bits per heavy atom. The van der Waals surface area contributed by atoms with E-state index in [0.717, 1.165) is 12.2 Å². The maximum absolute atomic E-state index is 11.4. The van der Waals surface area contributed by atoms with Crippen molar-refractivity contribution < 1.29 is 19.4 Å². The Balaban J connectivity index is 1.97. The lowest BCUT2D eigenvalue weighted by atomic mass is 10.2. The molecule has 0 fully saturated rings. The van der Waals surface area contributed by atoms with Crippen LogP contribution in [0.1, 0.15) is 5.56 Å². The summed E-state index contributed by atoms with van der Waals surface area (Å²) >= 11 is 0. The van der Waals surface area contributed by atoms with E-state index in [-0.39, 0.29) is 0 Å². The maximum atomic E-state index is 11.4. The number of nitrogens with zero attached hydrogens (tertiary/aromatic N) is 1. The Bertz CT molecular complexity index is 772. The van der Waals surface area contributed by atoms with Gasteiger partial charge >= 0.3 is 5.97 Å². The minimum absolute atomic E-state index is 0.511. The highest BCUT2D eigenvalue weighted by molar-refractivity contribution is 6.02. The van der Waals surface area contributed by atoms with Crippen LogP contribution in [-0.4, -0.2) is 17.0 Å². The normalized spacial score (nSPS) is 10.0. The molecule has 0 unspecified atom stereocenters. The smallest absolute Gasteiger partial charge is 0.328 e. The fraction of sp³-hybridized carbons (Fsp3) is 0. The Kier molecular flexibility index (Phi) is 5.10. The van der Waals surface area contributed by atoms with Gasteiger partial charge in [-0.2, -0.15) is 5.26 Å². The van der Waals surface area contributed by atoms with Gasteiger partial charge in [-0.3, -0.25) is 4.79 Å². The number of ether oxygens (including phenoxy) is 1. The molecule has 1 amide bonds. The Labute approximate surface area is 132 Å². The van der Waals surface area contributed by atoms with Crippen LogP contribution in [0.5, 0.6) is 11.5 Å². The van der Waals surface area contributed by atoms with Crippen molar-refractivity contribution in [2.24, 2.45) is 0 Å². The van der Waals surface area contributed by atoms with Gasteiger partial charge < -0.3 is 15.2 Å². The second-order valence-corrected chi connectivity index (χ2v) is 4.42. The highest BCUT2D eigenvalue weighted by Gasteiger charge is 2.01. The predicted octanol–water partition coefficient (Wildman–Crippen LogP) is 2.93. The van der Waals surface area contributed by atoms with Gasteiger partial charge in [-0.15, -0.1) is 0 Å². The fourth-order valence-electron chi connectivity index (χ4n) is 1.67. The van der Waals surface area contributed by atoms with E-state index in [1.807, 2.05) is 6.07 Å². The molecule has 2 rings (SSSR count). The number of hydrogen-bond donors (Lipinski definition) is 2. The summed E-state index contributed by atoms with van der Waals surface area (Å²) in [5.41, 5.74) is 1.06. The van der Waals surface area contributed by atoms with Crippen LogP contribution in [0.3, 0.4) is 0 Å². The molecule has 23 heavy (non-hydrogen) atoms. The lowest BCUT2D eigenvalue weighted by Crippen LogP contribution is -2.08. The molecule has 2 aromatic rings. The molecule has 0 aliphatic heterocycles. The topological polar surface area (TPSA) is 99.4 Å². The monoisotopic (exact) mass is 308 g/mol. The molecule has 2 N–H and O–H groups in total. The van der Waals surface area contributed by atoms with Crippen molar-refractivity contribution in [2.75, 3.05) is 5.32 Å². The SMILES string of the molecule is N#Cc1ccc(Oc2ccc(NC(=O)/C=C\C(=O)O)cc2)cc1. The summed E-state index contributed by atoms with van der Waals surface area (Å²) in [6.45, 7) is 0. The van der Waals surface area contributed by atoms with Crippen LogP contribution < -0.4 is 10.1 Å². The van der Waals surface area contributed by atoms with Crippen molar-refractivity contribution in [3.8, 4) is 17.6 Å². The Hall–Kier alpha value is -3.59. The van der Waals surface area contributed by atoms with Crippen molar-refractivity contribution >= 4 is 17.6 Å². The van der Waals surface area contributed by atoms with Gasteiger partial charge in [-0.1, -0.05) is 0 Å². The Morgan fingerprint density at radius 2 is 1.57 bits per heavy atom. The molecule has 6 nitrogen and oxygen atoms in total. The standard InChI is InChI=1S/C17H12N2O4/c18-11-12-1-5-14(6-2-12)23-15-7-3-13(4-8-15)19-16(20)9-10-17(21)22/h1-10H,(H,19,20)(H,21,22)/b10-9-. The molecule has 0 aliphatic carbocycles. The third kappa shape index (κ3) is 5.02. The number of benzene rings is 2. The molecule has 0 atom stereocenters. The van der Waals surface area contributed by atoms with E-state index in [2.05, 4.69) is 5.32 Å². The predicted molar refractivity (Wildman–Crippen MR) is 83.1 cm³/mol. The maximum Gasteiger partial charge on any atom is 0.328 e. The molecule has 0 aromatic heterocycles. The van der Waals surface area contributed by atoms with Gasteiger partial charge in [0.1, 0.15) is 11.5 Å². The number of nitriles is 1. The molecule has 114 valence electrons. The lowest BCUT2D eigenvalue weighted by molar-refractivity contribution is -0.131. The first kappa shape index (κ1) is 15.8. The molecule has 6 heteroatoms. The zero-order chi connectivity index (χ0) is 16.7. The van der Waals surface area contributed by atoms with Crippen LogP contribution in [0.25, 0.3) is 0 Å². The molecule has 0 spiro atoms. The van der Waals surface area contributed by atoms with Crippen molar-refractivity contribution in [2.45, 2.75) is 0 Å². The van der Waals surface area contributed by atoms with Crippen LogP contribution in [0.2, 0.25) is 0 Å². The highest BCUT2D eigenvalue weighted by atomic mass is 16.5. The third-order valence-corrected chi connectivity index (χ3v) is 2.72. The minimum atomic E-state index is -1.19. The van der Waals surface area contributed by atoms with E-state index in [0.29, 0.717) is 22.7 Å². The molecule has 0 radical (unpaired) electrons. The number of rotatable bonds is 5. The number of anilines is 1. The number of carboxylic acid groups (broad SMARTS) is 1. The molecule has 0 aliphatic rings. The van der Waals surface area contributed by atoms with E-state index in [9.17, 15) is 9.59 Å². The van der Waals surface area contributed by atoms with Gasteiger partial charge in [0.05, 0.1) is 11.6 Å². The van der Waals surface area contributed by atoms with Gasteiger partial charge in [0, 0.05) is 17.8 Å². The molecule has 0 saturated heterocycles. The van der Waals surface area contributed by atoms with Crippen molar-refractivity contribution in [3.05, 3.63) is 66.2 Å². The average molecular weight is 308 g/mol. The number of carboxylic acids is 1. The van der Waals surface area contributed by atoms with Crippen LogP contribution in [0.4, 0.5) is 5.69 Å². The van der Waals surface area contributed by atoms with E-state index in [1.165, 1.54) is 0 Å².